The molecule has 10 heteroatoms. The van der Waals surface area contributed by atoms with E-state index >= 15 is 0 Å². The van der Waals surface area contributed by atoms with E-state index in [1.807, 2.05) is 38.3 Å². The van der Waals surface area contributed by atoms with E-state index < -0.39 is 29.3 Å². The standard InChI is InChI=1S/C25H41N3O5S2/c1-24(2,3)32-21(29)15-28-14-20(19-11-9-13-34-19)35-16-18(22(28)30)27-17(10-7-8-12-26)23(31)33-25(4,5)6/h9,11,13,17-18,20,27H,7-8,10,12,14-16,26H2,1-6H3/t17-,18?,20?/m1/s1. The second-order valence-electron chi connectivity index (χ2n) is 10.7. The second kappa shape index (κ2) is 13.1. The maximum absolute atomic E-state index is 13.6. The number of nitrogens with one attached hydrogen (secondary N) is 1. The topological polar surface area (TPSA) is 111 Å². The number of nitrogens with two attached hydrogens (primary N) is 1. The van der Waals surface area contributed by atoms with Crippen molar-refractivity contribution in [3.05, 3.63) is 22.4 Å². The van der Waals surface area contributed by atoms with Crippen molar-refractivity contribution < 1.29 is 23.9 Å². The lowest BCUT2D eigenvalue weighted by molar-refractivity contribution is -0.160. The number of rotatable bonds is 10. The summed E-state index contributed by atoms with van der Waals surface area (Å²) in [6.45, 7) is 11.7. The van der Waals surface area contributed by atoms with Crippen LogP contribution in [0.5, 0.6) is 0 Å². The normalized spacial score (nSPS) is 20.3. The number of hydrogen-bond donors (Lipinski definition) is 2. The van der Waals surface area contributed by atoms with Gasteiger partial charge >= 0.3 is 11.9 Å². The molecule has 8 nitrogen and oxygen atoms in total. The third kappa shape index (κ3) is 10.5. The molecular formula is C25H41N3O5S2. The average Bonchev–Trinajstić information content (AvgIpc) is 3.20. The van der Waals surface area contributed by atoms with Crippen LogP contribution in [0, 0.1) is 0 Å². The molecule has 2 unspecified atom stereocenters. The predicted octanol–water partition coefficient (Wildman–Crippen LogP) is 3.50. The molecule has 1 fully saturated rings. The van der Waals surface area contributed by atoms with Crippen molar-refractivity contribution in [3.8, 4) is 0 Å². The summed E-state index contributed by atoms with van der Waals surface area (Å²) in [5, 5.41) is 5.31. The Kier molecular flexibility index (Phi) is 11.1. The number of ether oxygens (including phenoxy) is 2. The van der Waals surface area contributed by atoms with Gasteiger partial charge in [-0.2, -0.15) is 0 Å². The molecule has 1 aliphatic heterocycles. The third-order valence-electron chi connectivity index (χ3n) is 5.10. The fourth-order valence-electron chi connectivity index (χ4n) is 3.66. The first-order valence-corrected chi connectivity index (χ1v) is 14.1. The van der Waals surface area contributed by atoms with Crippen molar-refractivity contribution >= 4 is 40.9 Å². The molecule has 1 aromatic heterocycles. The highest BCUT2D eigenvalue weighted by atomic mass is 32.2. The average molecular weight is 528 g/mol. The summed E-state index contributed by atoms with van der Waals surface area (Å²) in [7, 11) is 0. The number of thioether (sulfide) groups is 1. The van der Waals surface area contributed by atoms with Gasteiger partial charge in [-0.25, -0.2) is 0 Å². The minimum Gasteiger partial charge on any atom is -0.459 e. The van der Waals surface area contributed by atoms with Gasteiger partial charge in [0.25, 0.3) is 0 Å². The third-order valence-corrected chi connectivity index (χ3v) is 7.57. The number of carbonyl (C=O) groups is 3. The first-order valence-electron chi connectivity index (χ1n) is 12.1. The van der Waals surface area contributed by atoms with Gasteiger partial charge < -0.3 is 20.1 Å². The first kappa shape index (κ1) is 29.6. The highest BCUT2D eigenvalue weighted by molar-refractivity contribution is 7.99. The van der Waals surface area contributed by atoms with Gasteiger partial charge in [0, 0.05) is 17.2 Å². The van der Waals surface area contributed by atoms with E-state index in [0.29, 0.717) is 25.3 Å². The van der Waals surface area contributed by atoms with E-state index in [1.165, 1.54) is 0 Å². The van der Waals surface area contributed by atoms with Gasteiger partial charge in [0.2, 0.25) is 5.91 Å². The van der Waals surface area contributed by atoms with E-state index in [9.17, 15) is 14.4 Å². The number of carbonyl (C=O) groups excluding carboxylic acids is 3. The van der Waals surface area contributed by atoms with Crippen LogP contribution in [0.2, 0.25) is 0 Å². The summed E-state index contributed by atoms with van der Waals surface area (Å²) in [6, 6.07) is 2.75. The summed E-state index contributed by atoms with van der Waals surface area (Å²) in [5.74, 6) is -0.574. The Bertz CT molecular complexity index is 833. The molecule has 3 atom stereocenters. The highest BCUT2D eigenvalue weighted by Gasteiger charge is 2.37. The van der Waals surface area contributed by atoms with Gasteiger partial charge in [0.05, 0.1) is 11.3 Å². The largest absolute Gasteiger partial charge is 0.459 e. The van der Waals surface area contributed by atoms with Crippen LogP contribution in [0.25, 0.3) is 0 Å². The monoisotopic (exact) mass is 527 g/mol. The van der Waals surface area contributed by atoms with E-state index in [4.69, 9.17) is 15.2 Å². The zero-order valence-corrected chi connectivity index (χ0v) is 23.4. The van der Waals surface area contributed by atoms with Crippen LogP contribution in [0.1, 0.15) is 70.9 Å². The van der Waals surface area contributed by atoms with Crippen molar-refractivity contribution in [3.63, 3.8) is 0 Å². The van der Waals surface area contributed by atoms with Crippen LogP contribution in [0.15, 0.2) is 17.5 Å². The fraction of sp³-hybridized carbons (Fsp3) is 0.720. The molecule has 198 valence electrons. The summed E-state index contributed by atoms with van der Waals surface area (Å²) < 4.78 is 11.1. The molecule has 1 aromatic rings. The summed E-state index contributed by atoms with van der Waals surface area (Å²) in [6.07, 6.45) is 2.03. The minimum absolute atomic E-state index is 0.0328. The highest BCUT2D eigenvalue weighted by Crippen LogP contribution is 2.36. The molecule has 1 aliphatic rings. The zero-order chi connectivity index (χ0) is 26.2. The molecule has 1 amide bonds. The molecule has 0 spiro atoms. The Balaban J connectivity index is 2.24. The SMILES string of the molecule is CC(C)(C)OC(=O)CN1CC(c2cccs2)SCC(N[C@H](CCCCN)C(=O)OC(C)(C)C)C1=O. The molecule has 0 aromatic carbocycles. The van der Waals surface area contributed by atoms with Crippen molar-refractivity contribution in [2.45, 2.75) is 89.3 Å². The summed E-state index contributed by atoms with van der Waals surface area (Å²) in [4.78, 5) is 41.9. The fourth-order valence-corrected chi connectivity index (χ4v) is 5.92. The van der Waals surface area contributed by atoms with Crippen molar-refractivity contribution in [2.24, 2.45) is 5.73 Å². The molecule has 1 saturated heterocycles. The molecule has 2 heterocycles. The van der Waals surface area contributed by atoms with Gasteiger partial charge in [-0.15, -0.1) is 23.1 Å². The van der Waals surface area contributed by atoms with Crippen LogP contribution in [-0.4, -0.2) is 71.4 Å². The van der Waals surface area contributed by atoms with Gasteiger partial charge in [-0.05, 0) is 72.4 Å². The second-order valence-corrected chi connectivity index (χ2v) is 12.9. The maximum atomic E-state index is 13.6. The molecule has 0 saturated carbocycles. The lowest BCUT2D eigenvalue weighted by Crippen LogP contribution is -2.54. The summed E-state index contributed by atoms with van der Waals surface area (Å²) >= 11 is 3.28. The smallest absolute Gasteiger partial charge is 0.326 e. The number of amides is 1. The van der Waals surface area contributed by atoms with Gasteiger partial charge in [-0.3, -0.25) is 19.7 Å². The van der Waals surface area contributed by atoms with Crippen molar-refractivity contribution in [2.75, 3.05) is 25.4 Å². The van der Waals surface area contributed by atoms with Gasteiger partial charge in [0.15, 0.2) is 0 Å². The van der Waals surface area contributed by atoms with Crippen LogP contribution in [0.3, 0.4) is 0 Å². The Morgan fingerprint density at radius 1 is 1.17 bits per heavy atom. The Morgan fingerprint density at radius 2 is 1.86 bits per heavy atom. The molecule has 3 N–H and O–H groups in total. The zero-order valence-electron chi connectivity index (χ0n) is 21.8. The Labute approximate surface area is 217 Å². The number of esters is 2. The van der Waals surface area contributed by atoms with Crippen LogP contribution < -0.4 is 11.1 Å². The number of hydrogen-bond acceptors (Lipinski definition) is 9. The maximum Gasteiger partial charge on any atom is 0.326 e. The lowest BCUT2D eigenvalue weighted by Gasteiger charge is -2.29. The van der Waals surface area contributed by atoms with Crippen LogP contribution >= 0.6 is 23.1 Å². The molecule has 35 heavy (non-hydrogen) atoms. The molecular weight excluding hydrogens is 486 g/mol. The van der Waals surface area contributed by atoms with E-state index in [2.05, 4.69) is 5.32 Å². The predicted molar refractivity (Wildman–Crippen MR) is 141 cm³/mol. The number of thiophene rings is 1. The Hall–Kier alpha value is -1.62. The van der Waals surface area contributed by atoms with Crippen LogP contribution in [0.4, 0.5) is 0 Å². The van der Waals surface area contributed by atoms with E-state index in [1.54, 1.807) is 48.8 Å². The van der Waals surface area contributed by atoms with E-state index in [0.717, 1.165) is 17.7 Å². The Morgan fingerprint density at radius 3 is 2.43 bits per heavy atom. The van der Waals surface area contributed by atoms with Gasteiger partial charge in [0.1, 0.15) is 23.8 Å². The lowest BCUT2D eigenvalue weighted by atomic mass is 10.1. The van der Waals surface area contributed by atoms with Crippen LogP contribution in [-0.2, 0) is 23.9 Å². The molecule has 0 radical (unpaired) electrons. The quantitative estimate of drug-likeness (QED) is 0.351. The minimum atomic E-state index is -0.643. The first-order chi connectivity index (χ1) is 16.3. The molecule has 0 aliphatic carbocycles. The van der Waals surface area contributed by atoms with Crippen molar-refractivity contribution in [1.29, 1.82) is 0 Å². The van der Waals surface area contributed by atoms with E-state index in [-0.39, 0.29) is 23.7 Å². The van der Waals surface area contributed by atoms with Gasteiger partial charge in [-0.1, -0.05) is 12.5 Å². The number of unbranched alkanes of at least 4 members (excludes halogenated alkanes) is 1. The molecule has 2 rings (SSSR count). The van der Waals surface area contributed by atoms with Crippen molar-refractivity contribution in [1.82, 2.24) is 10.2 Å². The summed E-state index contributed by atoms with van der Waals surface area (Å²) in [5.41, 5.74) is 4.36. The molecule has 0 bridgehead atoms. The number of nitrogens with zero attached hydrogens (tertiary/aromatic N) is 1.